The number of esters is 1. The van der Waals surface area contributed by atoms with Gasteiger partial charge in [0.2, 0.25) is 6.29 Å². The lowest BCUT2D eigenvalue weighted by Gasteiger charge is -2.15. The Morgan fingerprint density at radius 2 is 2.00 bits per heavy atom. The molecule has 1 aromatic rings. The lowest BCUT2D eigenvalue weighted by Crippen LogP contribution is -2.18. The first kappa shape index (κ1) is 11.7. The van der Waals surface area contributed by atoms with Gasteiger partial charge in [-0.1, -0.05) is 37.3 Å². The zero-order valence-electron chi connectivity index (χ0n) is 9.10. The Bertz CT molecular complexity index is 295. The Morgan fingerprint density at radius 1 is 1.33 bits per heavy atom. The van der Waals surface area contributed by atoms with Gasteiger partial charge in [-0.2, -0.15) is 0 Å². The van der Waals surface area contributed by atoms with Gasteiger partial charge < -0.3 is 9.47 Å². The van der Waals surface area contributed by atoms with E-state index >= 15 is 0 Å². The maximum absolute atomic E-state index is 10.7. The monoisotopic (exact) mass is 208 g/mol. The molecule has 1 aromatic carbocycles. The highest BCUT2D eigenvalue weighted by molar-refractivity contribution is 5.66. The van der Waals surface area contributed by atoms with Crippen molar-refractivity contribution in [1.29, 1.82) is 0 Å². The van der Waals surface area contributed by atoms with E-state index in [1.807, 2.05) is 37.3 Å². The number of carbonyl (C=O) groups is 1. The van der Waals surface area contributed by atoms with Crippen LogP contribution in [0.3, 0.4) is 0 Å². The Balaban J connectivity index is 2.37. The van der Waals surface area contributed by atoms with Crippen molar-refractivity contribution < 1.29 is 14.3 Å². The molecule has 0 aromatic heterocycles. The van der Waals surface area contributed by atoms with Crippen LogP contribution >= 0.6 is 0 Å². The highest BCUT2D eigenvalue weighted by Crippen LogP contribution is 2.06. The average Bonchev–Trinajstić information content (AvgIpc) is 2.25. The van der Waals surface area contributed by atoms with Crippen LogP contribution in [0.2, 0.25) is 0 Å². The molecule has 0 amide bonds. The van der Waals surface area contributed by atoms with E-state index in [-0.39, 0.29) is 5.97 Å². The molecule has 0 spiro atoms. The molecule has 0 N–H and O–H groups in total. The van der Waals surface area contributed by atoms with Crippen LogP contribution in [0.25, 0.3) is 0 Å². The van der Waals surface area contributed by atoms with E-state index in [4.69, 9.17) is 9.47 Å². The molecular formula is C12H16O3. The molecule has 3 heteroatoms. The Morgan fingerprint density at radius 3 is 2.53 bits per heavy atom. The second-order valence-electron chi connectivity index (χ2n) is 3.24. The summed E-state index contributed by atoms with van der Waals surface area (Å²) in [6.07, 6.45) is 0.217. The summed E-state index contributed by atoms with van der Waals surface area (Å²) < 4.78 is 10.4. The van der Waals surface area contributed by atoms with Crippen LogP contribution in [0, 0.1) is 0 Å². The smallest absolute Gasteiger partial charge is 0.304 e. The molecular weight excluding hydrogens is 192 g/mol. The van der Waals surface area contributed by atoms with Gasteiger partial charge in [0.05, 0.1) is 6.61 Å². The van der Waals surface area contributed by atoms with E-state index in [9.17, 15) is 4.79 Å². The Labute approximate surface area is 90.0 Å². The first-order valence-electron chi connectivity index (χ1n) is 5.05. The molecule has 0 radical (unpaired) electrons. The van der Waals surface area contributed by atoms with E-state index < -0.39 is 6.29 Å². The van der Waals surface area contributed by atoms with Crippen molar-refractivity contribution in [2.75, 3.05) is 0 Å². The highest BCUT2D eigenvalue weighted by atomic mass is 16.7. The summed E-state index contributed by atoms with van der Waals surface area (Å²) in [6.45, 7) is 3.76. The lowest BCUT2D eigenvalue weighted by atomic mass is 10.2. The number of benzene rings is 1. The van der Waals surface area contributed by atoms with Crippen LogP contribution in [0.15, 0.2) is 30.3 Å². The first-order valence-corrected chi connectivity index (χ1v) is 5.05. The molecule has 82 valence electrons. The molecule has 1 atom stereocenters. The van der Waals surface area contributed by atoms with Gasteiger partial charge in [-0.05, 0) is 5.56 Å². The van der Waals surface area contributed by atoms with E-state index in [1.54, 1.807) is 0 Å². The summed E-state index contributed by atoms with van der Waals surface area (Å²) >= 11 is 0. The van der Waals surface area contributed by atoms with Gasteiger partial charge in [0, 0.05) is 13.3 Å². The standard InChI is InChI=1S/C12H16O3/c1-3-12(15-10(2)13)14-9-11-7-5-4-6-8-11/h4-8,12H,3,9H2,1-2H3. The van der Waals surface area contributed by atoms with Crippen molar-refractivity contribution >= 4 is 5.97 Å². The fourth-order valence-corrected chi connectivity index (χ4v) is 1.18. The van der Waals surface area contributed by atoms with Crippen LogP contribution in [-0.4, -0.2) is 12.3 Å². The van der Waals surface area contributed by atoms with Crippen LogP contribution < -0.4 is 0 Å². The third kappa shape index (κ3) is 4.61. The Kier molecular flexibility index (Phi) is 4.84. The largest absolute Gasteiger partial charge is 0.436 e. The minimum absolute atomic E-state index is 0.310. The molecule has 0 saturated heterocycles. The molecule has 0 fully saturated rings. The van der Waals surface area contributed by atoms with Gasteiger partial charge in [-0.3, -0.25) is 4.79 Å². The highest BCUT2D eigenvalue weighted by Gasteiger charge is 2.09. The van der Waals surface area contributed by atoms with Gasteiger partial charge in [0.25, 0.3) is 0 Å². The van der Waals surface area contributed by atoms with Crippen molar-refractivity contribution in [3.05, 3.63) is 35.9 Å². The van der Waals surface area contributed by atoms with Crippen molar-refractivity contribution in [2.24, 2.45) is 0 Å². The van der Waals surface area contributed by atoms with Crippen molar-refractivity contribution in [2.45, 2.75) is 33.2 Å². The number of hydrogen-bond acceptors (Lipinski definition) is 3. The summed E-state index contributed by atoms with van der Waals surface area (Å²) in [7, 11) is 0. The third-order valence-electron chi connectivity index (χ3n) is 1.91. The maximum atomic E-state index is 10.7. The molecule has 3 nitrogen and oxygen atoms in total. The summed E-state index contributed by atoms with van der Waals surface area (Å²) in [6, 6.07) is 9.80. The molecule has 0 bridgehead atoms. The minimum atomic E-state index is -0.442. The van der Waals surface area contributed by atoms with Gasteiger partial charge in [0.15, 0.2) is 0 Å². The van der Waals surface area contributed by atoms with Gasteiger partial charge >= 0.3 is 5.97 Å². The summed E-state index contributed by atoms with van der Waals surface area (Å²) in [4.78, 5) is 10.7. The second kappa shape index (κ2) is 6.19. The quantitative estimate of drug-likeness (QED) is 0.551. The van der Waals surface area contributed by atoms with Crippen LogP contribution in [0.5, 0.6) is 0 Å². The average molecular weight is 208 g/mol. The van der Waals surface area contributed by atoms with Gasteiger partial charge in [-0.15, -0.1) is 0 Å². The van der Waals surface area contributed by atoms with E-state index in [0.717, 1.165) is 5.56 Å². The fraction of sp³-hybridized carbons (Fsp3) is 0.417. The van der Waals surface area contributed by atoms with Crippen LogP contribution in [0.4, 0.5) is 0 Å². The topological polar surface area (TPSA) is 35.5 Å². The third-order valence-corrected chi connectivity index (χ3v) is 1.91. The lowest BCUT2D eigenvalue weighted by molar-refractivity contribution is -0.179. The molecule has 1 rings (SSSR count). The summed E-state index contributed by atoms with van der Waals surface area (Å²) in [5.74, 6) is -0.310. The van der Waals surface area contributed by atoms with Crippen molar-refractivity contribution in [1.82, 2.24) is 0 Å². The number of hydrogen-bond donors (Lipinski definition) is 0. The van der Waals surface area contributed by atoms with E-state index in [0.29, 0.717) is 13.0 Å². The predicted octanol–water partition coefficient (Wildman–Crippen LogP) is 2.50. The fourth-order valence-electron chi connectivity index (χ4n) is 1.18. The first-order chi connectivity index (χ1) is 7.22. The predicted molar refractivity (Wildman–Crippen MR) is 57.1 cm³/mol. The van der Waals surface area contributed by atoms with Gasteiger partial charge in [0.1, 0.15) is 0 Å². The molecule has 0 aliphatic carbocycles. The van der Waals surface area contributed by atoms with Crippen LogP contribution in [0.1, 0.15) is 25.8 Å². The number of carbonyl (C=O) groups excluding carboxylic acids is 1. The molecule has 15 heavy (non-hydrogen) atoms. The summed E-state index contributed by atoms with van der Waals surface area (Å²) in [5.41, 5.74) is 1.07. The number of ether oxygens (including phenoxy) is 2. The van der Waals surface area contributed by atoms with Crippen molar-refractivity contribution in [3.8, 4) is 0 Å². The van der Waals surface area contributed by atoms with Crippen LogP contribution in [-0.2, 0) is 20.9 Å². The normalized spacial score (nSPS) is 12.1. The van der Waals surface area contributed by atoms with Crippen molar-refractivity contribution in [3.63, 3.8) is 0 Å². The zero-order valence-corrected chi connectivity index (χ0v) is 9.10. The molecule has 0 heterocycles. The maximum Gasteiger partial charge on any atom is 0.304 e. The number of rotatable bonds is 5. The van der Waals surface area contributed by atoms with E-state index in [1.165, 1.54) is 6.92 Å². The second-order valence-corrected chi connectivity index (χ2v) is 3.24. The minimum Gasteiger partial charge on any atom is -0.436 e. The molecule has 0 saturated carbocycles. The van der Waals surface area contributed by atoms with E-state index in [2.05, 4.69) is 0 Å². The SMILES string of the molecule is CCC(OCc1ccccc1)OC(C)=O. The zero-order chi connectivity index (χ0) is 11.1. The van der Waals surface area contributed by atoms with Gasteiger partial charge in [-0.25, -0.2) is 0 Å². The molecule has 0 aliphatic rings. The summed E-state index contributed by atoms with van der Waals surface area (Å²) in [5, 5.41) is 0. The Hall–Kier alpha value is -1.35. The molecule has 0 aliphatic heterocycles. The molecule has 1 unspecified atom stereocenters.